The lowest BCUT2D eigenvalue weighted by Crippen LogP contribution is -1.83. The Balaban J connectivity index is 0. The lowest BCUT2D eigenvalue weighted by atomic mass is 10.1. The highest BCUT2D eigenvalue weighted by Crippen LogP contribution is 2.02. The summed E-state index contributed by atoms with van der Waals surface area (Å²) in [5.74, 6) is 1.52. The summed E-state index contributed by atoms with van der Waals surface area (Å²) >= 11 is 0. The maximum absolute atomic E-state index is 2.27. The largest absolute Gasteiger partial charge is 0.0880 e. The number of hydrogen-bond donors (Lipinski definition) is 0. The van der Waals surface area contributed by atoms with Crippen LogP contribution in [0.1, 0.15) is 48.0 Å². The minimum atomic E-state index is 0.712. The van der Waals surface area contributed by atoms with Crippen LogP contribution in [-0.2, 0) is 0 Å². The van der Waals surface area contributed by atoms with Gasteiger partial charge in [0.1, 0.15) is 0 Å². The standard InChI is InChI=1S/C9H18.C2H6/c1-8(2)6-5-7-9(3)4;1-2/h5-6,8-9H,7H2,1-4H3;1-2H3/b6-5-;. The molecule has 0 nitrogen and oxygen atoms in total. The maximum Gasteiger partial charge on any atom is -0.0290 e. The molecule has 0 N–H and O–H groups in total. The van der Waals surface area contributed by atoms with E-state index in [1.54, 1.807) is 0 Å². The molecule has 0 aromatic carbocycles. The van der Waals surface area contributed by atoms with Gasteiger partial charge in [0.05, 0.1) is 0 Å². The summed E-state index contributed by atoms with van der Waals surface area (Å²) in [6.45, 7) is 12.9. The van der Waals surface area contributed by atoms with E-state index in [0.29, 0.717) is 5.92 Å². The Morgan fingerprint density at radius 2 is 1.45 bits per heavy atom. The summed E-state index contributed by atoms with van der Waals surface area (Å²) in [6, 6.07) is 0. The molecule has 0 atom stereocenters. The average Bonchev–Trinajstić information content (AvgIpc) is 1.90. The Bertz CT molecular complexity index is 78.0. The zero-order valence-electron chi connectivity index (χ0n) is 9.02. The van der Waals surface area contributed by atoms with Crippen molar-refractivity contribution in [2.24, 2.45) is 11.8 Å². The van der Waals surface area contributed by atoms with E-state index < -0.39 is 0 Å². The molecule has 0 saturated heterocycles. The first kappa shape index (κ1) is 13.3. The summed E-state index contributed by atoms with van der Waals surface area (Å²) in [5.41, 5.74) is 0. The highest BCUT2D eigenvalue weighted by molar-refractivity contribution is 4.84. The van der Waals surface area contributed by atoms with Gasteiger partial charge >= 0.3 is 0 Å². The van der Waals surface area contributed by atoms with Crippen LogP contribution >= 0.6 is 0 Å². The van der Waals surface area contributed by atoms with Crippen LogP contribution in [0.2, 0.25) is 0 Å². The molecule has 11 heavy (non-hydrogen) atoms. The molecule has 0 bridgehead atoms. The van der Waals surface area contributed by atoms with Crippen molar-refractivity contribution in [3.8, 4) is 0 Å². The predicted octanol–water partition coefficient (Wildman–Crippen LogP) is 4.27. The molecule has 0 heterocycles. The van der Waals surface area contributed by atoms with E-state index in [0.717, 1.165) is 5.92 Å². The van der Waals surface area contributed by atoms with Crippen LogP contribution in [0, 0.1) is 11.8 Å². The van der Waals surface area contributed by atoms with Crippen LogP contribution in [-0.4, -0.2) is 0 Å². The Morgan fingerprint density at radius 3 is 1.73 bits per heavy atom. The first-order chi connectivity index (χ1) is 5.13. The van der Waals surface area contributed by atoms with Gasteiger partial charge in [0.15, 0.2) is 0 Å². The first-order valence-electron chi connectivity index (χ1n) is 4.79. The van der Waals surface area contributed by atoms with Crippen molar-refractivity contribution >= 4 is 0 Å². The molecule has 0 aromatic heterocycles. The smallest absolute Gasteiger partial charge is 0.0290 e. The molecule has 0 spiro atoms. The second-order valence-corrected chi connectivity index (χ2v) is 3.30. The van der Waals surface area contributed by atoms with Gasteiger partial charge < -0.3 is 0 Å². The van der Waals surface area contributed by atoms with Gasteiger partial charge in [-0.05, 0) is 18.3 Å². The molecule has 0 aromatic rings. The lowest BCUT2D eigenvalue weighted by Gasteiger charge is -1.97. The zero-order chi connectivity index (χ0) is 9.28. The minimum Gasteiger partial charge on any atom is -0.0880 e. The van der Waals surface area contributed by atoms with Crippen molar-refractivity contribution in [2.75, 3.05) is 0 Å². The molecule has 0 amide bonds. The average molecular weight is 156 g/mol. The predicted molar refractivity (Wildman–Crippen MR) is 54.8 cm³/mol. The van der Waals surface area contributed by atoms with E-state index in [1.807, 2.05) is 13.8 Å². The SMILES string of the molecule is CC.CC(C)/C=C\CC(C)C. The molecule has 0 rings (SSSR count). The van der Waals surface area contributed by atoms with Crippen LogP contribution in [0.4, 0.5) is 0 Å². The molecule has 0 aliphatic rings. The van der Waals surface area contributed by atoms with Crippen LogP contribution in [0.15, 0.2) is 12.2 Å². The molecule has 0 heteroatoms. The topological polar surface area (TPSA) is 0 Å². The third-order valence-corrected chi connectivity index (χ3v) is 1.13. The van der Waals surface area contributed by atoms with Crippen LogP contribution in [0.25, 0.3) is 0 Å². The van der Waals surface area contributed by atoms with E-state index in [-0.39, 0.29) is 0 Å². The van der Waals surface area contributed by atoms with Gasteiger partial charge in [0.2, 0.25) is 0 Å². The van der Waals surface area contributed by atoms with Crippen molar-refractivity contribution < 1.29 is 0 Å². The third kappa shape index (κ3) is 17.7. The van der Waals surface area contributed by atoms with Crippen LogP contribution < -0.4 is 0 Å². The fraction of sp³-hybridized carbons (Fsp3) is 0.818. The van der Waals surface area contributed by atoms with E-state index in [1.165, 1.54) is 6.42 Å². The van der Waals surface area contributed by atoms with Crippen molar-refractivity contribution in [1.29, 1.82) is 0 Å². The molecule has 0 aliphatic heterocycles. The van der Waals surface area contributed by atoms with Crippen molar-refractivity contribution in [1.82, 2.24) is 0 Å². The minimum absolute atomic E-state index is 0.712. The molecular weight excluding hydrogens is 132 g/mol. The summed E-state index contributed by atoms with van der Waals surface area (Å²) in [4.78, 5) is 0. The number of allylic oxidation sites excluding steroid dienone is 2. The first-order valence-corrected chi connectivity index (χ1v) is 4.79. The van der Waals surface area contributed by atoms with Crippen LogP contribution in [0.3, 0.4) is 0 Å². The summed E-state index contributed by atoms with van der Waals surface area (Å²) in [6.07, 6.45) is 5.76. The molecular formula is C11H24. The van der Waals surface area contributed by atoms with Crippen molar-refractivity contribution in [2.45, 2.75) is 48.0 Å². The van der Waals surface area contributed by atoms with Gasteiger partial charge in [0.25, 0.3) is 0 Å². The Labute approximate surface area is 72.7 Å². The quantitative estimate of drug-likeness (QED) is 0.535. The van der Waals surface area contributed by atoms with Crippen molar-refractivity contribution in [3.63, 3.8) is 0 Å². The van der Waals surface area contributed by atoms with E-state index in [9.17, 15) is 0 Å². The molecule has 68 valence electrons. The van der Waals surface area contributed by atoms with E-state index in [2.05, 4.69) is 39.8 Å². The zero-order valence-corrected chi connectivity index (χ0v) is 9.02. The Kier molecular flexibility index (Phi) is 11.8. The Hall–Kier alpha value is -0.260. The van der Waals surface area contributed by atoms with Gasteiger partial charge in [-0.25, -0.2) is 0 Å². The third-order valence-electron chi connectivity index (χ3n) is 1.13. The van der Waals surface area contributed by atoms with E-state index in [4.69, 9.17) is 0 Å². The summed E-state index contributed by atoms with van der Waals surface area (Å²) in [7, 11) is 0. The van der Waals surface area contributed by atoms with E-state index >= 15 is 0 Å². The van der Waals surface area contributed by atoms with Crippen LogP contribution in [0.5, 0.6) is 0 Å². The second-order valence-electron chi connectivity index (χ2n) is 3.30. The second kappa shape index (κ2) is 9.74. The normalized spacial score (nSPS) is 10.5. The summed E-state index contributed by atoms with van der Waals surface area (Å²) in [5, 5.41) is 0. The lowest BCUT2D eigenvalue weighted by molar-refractivity contribution is 0.659. The fourth-order valence-corrected chi connectivity index (χ4v) is 0.623. The maximum atomic E-state index is 2.27. The number of rotatable bonds is 3. The van der Waals surface area contributed by atoms with Gasteiger partial charge in [0, 0.05) is 0 Å². The number of hydrogen-bond acceptors (Lipinski definition) is 0. The van der Waals surface area contributed by atoms with Gasteiger partial charge in [-0.1, -0.05) is 53.7 Å². The van der Waals surface area contributed by atoms with Crippen molar-refractivity contribution in [3.05, 3.63) is 12.2 Å². The highest BCUT2D eigenvalue weighted by Gasteiger charge is 1.87. The Morgan fingerprint density at radius 1 is 1.00 bits per heavy atom. The molecule has 0 radical (unpaired) electrons. The molecule has 0 saturated carbocycles. The van der Waals surface area contributed by atoms with Gasteiger partial charge in [-0.3, -0.25) is 0 Å². The molecule has 0 fully saturated rings. The molecule has 0 aliphatic carbocycles. The van der Waals surface area contributed by atoms with Gasteiger partial charge in [-0.2, -0.15) is 0 Å². The highest BCUT2D eigenvalue weighted by atomic mass is 13.9. The fourth-order valence-electron chi connectivity index (χ4n) is 0.623. The van der Waals surface area contributed by atoms with Gasteiger partial charge in [-0.15, -0.1) is 0 Å². The monoisotopic (exact) mass is 156 g/mol. The molecule has 0 unspecified atom stereocenters. The summed E-state index contributed by atoms with van der Waals surface area (Å²) < 4.78 is 0.